The van der Waals surface area contributed by atoms with Crippen LogP contribution in [0.1, 0.15) is 25.3 Å². The molecule has 1 nitrogen and oxygen atoms in total. The summed E-state index contributed by atoms with van der Waals surface area (Å²) in [5.41, 5.74) is 1.42. The lowest BCUT2D eigenvalue weighted by Gasteiger charge is -2.36. The molecule has 0 aliphatic carbocycles. The van der Waals surface area contributed by atoms with Crippen molar-refractivity contribution in [3.05, 3.63) is 35.9 Å². The molecule has 1 aromatic carbocycles. The first-order valence-corrected chi connectivity index (χ1v) is 8.30. The minimum absolute atomic E-state index is 0.553. The number of benzene rings is 1. The summed E-state index contributed by atoms with van der Waals surface area (Å²) >= 11 is 6.65. The molecule has 1 aliphatic heterocycles. The number of thiol groups is 1. The first kappa shape index (κ1) is 14.3. The molecule has 0 amide bonds. The van der Waals surface area contributed by atoms with E-state index in [1.807, 2.05) is 0 Å². The Bertz CT molecular complexity index is 345. The number of hydrogen-bond donors (Lipinski definition) is 1. The molecule has 1 aromatic rings. The van der Waals surface area contributed by atoms with Gasteiger partial charge in [0, 0.05) is 36.1 Å². The zero-order chi connectivity index (χ0) is 13.0. The Morgan fingerprint density at radius 2 is 1.83 bits per heavy atom. The highest BCUT2D eigenvalue weighted by molar-refractivity contribution is 8.00. The van der Waals surface area contributed by atoms with Crippen molar-refractivity contribution in [2.45, 2.75) is 30.3 Å². The Morgan fingerprint density at radius 3 is 2.39 bits per heavy atom. The fourth-order valence-corrected chi connectivity index (χ4v) is 4.45. The molecule has 100 valence electrons. The van der Waals surface area contributed by atoms with Crippen LogP contribution in [0, 0.1) is 0 Å². The van der Waals surface area contributed by atoms with Gasteiger partial charge in [-0.2, -0.15) is 24.4 Å². The van der Waals surface area contributed by atoms with Crippen molar-refractivity contribution in [1.82, 2.24) is 4.90 Å². The Labute approximate surface area is 121 Å². The van der Waals surface area contributed by atoms with Gasteiger partial charge in [0.2, 0.25) is 0 Å². The largest absolute Gasteiger partial charge is 0.301 e. The Morgan fingerprint density at radius 1 is 1.22 bits per heavy atom. The van der Waals surface area contributed by atoms with Crippen molar-refractivity contribution < 1.29 is 0 Å². The van der Waals surface area contributed by atoms with Crippen LogP contribution in [0.25, 0.3) is 0 Å². The number of thioether (sulfide) groups is 1. The van der Waals surface area contributed by atoms with Crippen LogP contribution in [-0.2, 0) is 0 Å². The van der Waals surface area contributed by atoms with Gasteiger partial charge in [-0.05, 0) is 11.3 Å². The van der Waals surface area contributed by atoms with Gasteiger partial charge in [0.15, 0.2) is 0 Å². The minimum atomic E-state index is 0.553. The van der Waals surface area contributed by atoms with Crippen molar-refractivity contribution in [3.63, 3.8) is 0 Å². The summed E-state index contributed by atoms with van der Waals surface area (Å²) in [5.74, 6) is 1.48. The SMILES string of the molecule is CC1CN(CC(CS)c2ccccc2)CC(C)S1. The van der Waals surface area contributed by atoms with E-state index in [0.29, 0.717) is 5.92 Å². The maximum absolute atomic E-state index is 4.54. The smallest absolute Gasteiger partial charge is 0.0149 e. The van der Waals surface area contributed by atoms with Gasteiger partial charge in [0.1, 0.15) is 0 Å². The van der Waals surface area contributed by atoms with E-state index in [1.54, 1.807) is 0 Å². The van der Waals surface area contributed by atoms with E-state index < -0.39 is 0 Å². The van der Waals surface area contributed by atoms with Crippen LogP contribution in [-0.4, -0.2) is 40.8 Å². The molecule has 3 atom stereocenters. The molecular weight excluding hydrogens is 258 g/mol. The topological polar surface area (TPSA) is 3.24 Å². The molecule has 0 N–H and O–H groups in total. The molecule has 1 heterocycles. The Balaban J connectivity index is 1.98. The van der Waals surface area contributed by atoms with Crippen LogP contribution < -0.4 is 0 Å². The van der Waals surface area contributed by atoms with Crippen molar-refractivity contribution in [2.24, 2.45) is 0 Å². The van der Waals surface area contributed by atoms with E-state index in [1.165, 1.54) is 18.7 Å². The van der Waals surface area contributed by atoms with Crippen LogP contribution in [0.4, 0.5) is 0 Å². The molecule has 0 radical (unpaired) electrons. The maximum atomic E-state index is 4.54. The molecule has 18 heavy (non-hydrogen) atoms. The van der Waals surface area contributed by atoms with Gasteiger partial charge in [-0.1, -0.05) is 44.2 Å². The van der Waals surface area contributed by atoms with Crippen LogP contribution in [0.2, 0.25) is 0 Å². The lowest BCUT2D eigenvalue weighted by molar-refractivity contribution is 0.259. The summed E-state index contributed by atoms with van der Waals surface area (Å²) in [6.07, 6.45) is 0. The highest BCUT2D eigenvalue weighted by Crippen LogP contribution is 2.27. The van der Waals surface area contributed by atoms with Gasteiger partial charge >= 0.3 is 0 Å². The average Bonchev–Trinajstić information content (AvgIpc) is 2.36. The van der Waals surface area contributed by atoms with E-state index >= 15 is 0 Å². The highest BCUT2D eigenvalue weighted by atomic mass is 32.2. The van der Waals surface area contributed by atoms with Crippen LogP contribution in [0.3, 0.4) is 0 Å². The van der Waals surface area contributed by atoms with E-state index in [-0.39, 0.29) is 0 Å². The normalized spacial score (nSPS) is 27.1. The fourth-order valence-electron chi connectivity index (χ4n) is 2.74. The van der Waals surface area contributed by atoms with Gasteiger partial charge in [-0.15, -0.1) is 0 Å². The molecular formula is C15H23NS2. The Kier molecular flexibility index (Phi) is 5.46. The van der Waals surface area contributed by atoms with Crippen LogP contribution in [0.5, 0.6) is 0 Å². The summed E-state index contributed by atoms with van der Waals surface area (Å²) in [7, 11) is 0. The summed E-state index contributed by atoms with van der Waals surface area (Å²) in [5, 5.41) is 1.51. The van der Waals surface area contributed by atoms with E-state index in [0.717, 1.165) is 22.8 Å². The van der Waals surface area contributed by atoms with E-state index in [9.17, 15) is 0 Å². The van der Waals surface area contributed by atoms with Crippen molar-refractivity contribution in [1.29, 1.82) is 0 Å². The van der Waals surface area contributed by atoms with Crippen molar-refractivity contribution in [2.75, 3.05) is 25.4 Å². The zero-order valence-corrected chi connectivity index (χ0v) is 13.0. The number of rotatable bonds is 4. The first-order chi connectivity index (χ1) is 8.69. The molecule has 1 fully saturated rings. The third-order valence-corrected chi connectivity index (χ3v) is 5.13. The molecule has 1 saturated heterocycles. The molecule has 3 heteroatoms. The molecule has 2 rings (SSSR count). The molecule has 0 aromatic heterocycles. The maximum Gasteiger partial charge on any atom is 0.0149 e. The molecule has 3 unspecified atom stereocenters. The molecule has 0 saturated carbocycles. The molecule has 0 spiro atoms. The average molecular weight is 281 g/mol. The van der Waals surface area contributed by atoms with Gasteiger partial charge in [0.05, 0.1) is 0 Å². The summed E-state index contributed by atoms with van der Waals surface area (Å²) in [4.78, 5) is 2.61. The van der Waals surface area contributed by atoms with E-state index in [4.69, 9.17) is 0 Å². The van der Waals surface area contributed by atoms with Crippen molar-refractivity contribution >= 4 is 24.4 Å². The van der Waals surface area contributed by atoms with Gasteiger partial charge in [-0.25, -0.2) is 0 Å². The Hall–Kier alpha value is -0.120. The van der Waals surface area contributed by atoms with Gasteiger partial charge in [-0.3, -0.25) is 0 Å². The lowest BCUT2D eigenvalue weighted by atomic mass is 10.0. The second-order valence-electron chi connectivity index (χ2n) is 5.27. The second kappa shape index (κ2) is 6.88. The minimum Gasteiger partial charge on any atom is -0.301 e. The lowest BCUT2D eigenvalue weighted by Crippen LogP contribution is -2.42. The standard InChI is InChI=1S/C15H23NS2/c1-12-8-16(9-13(2)18-12)10-15(11-17)14-6-4-3-5-7-14/h3-7,12-13,15,17H,8-11H2,1-2H3. The zero-order valence-electron chi connectivity index (χ0n) is 11.2. The second-order valence-corrected chi connectivity index (χ2v) is 7.51. The first-order valence-electron chi connectivity index (χ1n) is 6.72. The number of nitrogens with zero attached hydrogens (tertiary/aromatic N) is 1. The third-order valence-electron chi connectivity index (χ3n) is 3.47. The molecule has 0 bridgehead atoms. The predicted octanol–water partition coefficient (Wildman–Crippen LogP) is 3.53. The summed E-state index contributed by atoms with van der Waals surface area (Å²) < 4.78 is 0. The van der Waals surface area contributed by atoms with Gasteiger partial charge in [0.25, 0.3) is 0 Å². The number of hydrogen-bond acceptors (Lipinski definition) is 3. The third kappa shape index (κ3) is 3.94. The van der Waals surface area contributed by atoms with Gasteiger partial charge < -0.3 is 4.90 Å². The summed E-state index contributed by atoms with van der Waals surface area (Å²) in [6.45, 7) is 8.25. The molecule has 1 aliphatic rings. The van der Waals surface area contributed by atoms with Crippen molar-refractivity contribution in [3.8, 4) is 0 Å². The van der Waals surface area contributed by atoms with Crippen LogP contribution >= 0.6 is 24.4 Å². The highest BCUT2D eigenvalue weighted by Gasteiger charge is 2.24. The monoisotopic (exact) mass is 281 g/mol. The predicted molar refractivity (Wildman–Crippen MR) is 86.0 cm³/mol. The quantitative estimate of drug-likeness (QED) is 0.841. The van der Waals surface area contributed by atoms with E-state index in [2.05, 4.69) is 73.5 Å². The fraction of sp³-hybridized carbons (Fsp3) is 0.600. The summed E-state index contributed by atoms with van der Waals surface area (Å²) in [6, 6.07) is 10.8. The van der Waals surface area contributed by atoms with Crippen LogP contribution in [0.15, 0.2) is 30.3 Å².